The van der Waals surface area contributed by atoms with Crippen molar-refractivity contribution in [2.45, 2.75) is 69.1 Å². The van der Waals surface area contributed by atoms with E-state index in [-0.39, 0.29) is 47.8 Å². The van der Waals surface area contributed by atoms with Crippen LogP contribution in [0.25, 0.3) is 0 Å². The normalized spacial score (nSPS) is 18.0. The highest BCUT2D eigenvalue weighted by molar-refractivity contribution is 7.92. The van der Waals surface area contributed by atoms with E-state index in [0.717, 1.165) is 56.9 Å². The van der Waals surface area contributed by atoms with E-state index in [1.54, 1.807) is 31.4 Å². The average molecular weight is 557 g/mol. The van der Waals surface area contributed by atoms with Crippen molar-refractivity contribution in [1.82, 2.24) is 10.6 Å². The summed E-state index contributed by atoms with van der Waals surface area (Å²) in [5.41, 5.74) is 0.904. The van der Waals surface area contributed by atoms with Crippen LogP contribution in [0.1, 0.15) is 67.3 Å². The van der Waals surface area contributed by atoms with Gasteiger partial charge in [-0.3, -0.25) is 9.59 Å². The molecule has 0 saturated heterocycles. The third kappa shape index (κ3) is 7.75. The first kappa shape index (κ1) is 28.9. The smallest absolute Gasteiger partial charge is 0.255 e. The molecule has 0 aliphatic heterocycles. The summed E-state index contributed by atoms with van der Waals surface area (Å²) in [5, 5.41) is 15.0. The maximum atomic E-state index is 14.0. The first-order valence-corrected chi connectivity index (χ1v) is 15.7. The third-order valence-corrected chi connectivity index (χ3v) is 10.5. The molecule has 2 saturated carbocycles. The largest absolute Gasteiger partial charge is 0.507 e. The second kappa shape index (κ2) is 13.3. The highest BCUT2D eigenvalue weighted by Gasteiger charge is 2.38. The number of phenolic OH excluding ortho intramolecular Hbond substituents is 1. The molecule has 3 N–H and O–H groups in total. The molecule has 4 rings (SSSR count). The van der Waals surface area contributed by atoms with Crippen molar-refractivity contribution in [3.8, 4) is 11.5 Å². The van der Waals surface area contributed by atoms with Crippen LogP contribution < -0.4 is 15.4 Å². The summed E-state index contributed by atoms with van der Waals surface area (Å²) < 4.78 is 33.3. The third-order valence-electron chi connectivity index (χ3n) is 8.13. The number of para-hydroxylation sites is 1. The van der Waals surface area contributed by atoms with Crippen molar-refractivity contribution < 1.29 is 27.9 Å². The fourth-order valence-electron chi connectivity index (χ4n) is 5.53. The van der Waals surface area contributed by atoms with Crippen molar-refractivity contribution in [3.63, 3.8) is 0 Å². The Morgan fingerprint density at radius 1 is 0.974 bits per heavy atom. The number of aromatic hydroxyl groups is 1. The van der Waals surface area contributed by atoms with Crippen LogP contribution in [0.15, 0.2) is 48.5 Å². The number of ether oxygens (including phenoxy) is 1. The van der Waals surface area contributed by atoms with Crippen molar-refractivity contribution in [1.29, 1.82) is 0 Å². The highest BCUT2D eigenvalue weighted by Crippen LogP contribution is 2.29. The van der Waals surface area contributed by atoms with Gasteiger partial charge in [0.25, 0.3) is 5.91 Å². The molecule has 2 unspecified atom stereocenters. The average Bonchev–Trinajstić information content (AvgIpc) is 2.89. The van der Waals surface area contributed by atoms with E-state index in [1.165, 1.54) is 12.1 Å². The summed E-state index contributed by atoms with van der Waals surface area (Å²) in [5.74, 6) is -0.156. The molecular weight excluding hydrogens is 516 g/mol. The van der Waals surface area contributed by atoms with Crippen molar-refractivity contribution in [2.24, 2.45) is 11.8 Å². The van der Waals surface area contributed by atoms with Crippen LogP contribution in [0, 0.1) is 11.8 Å². The highest BCUT2D eigenvalue weighted by atomic mass is 32.2. The van der Waals surface area contributed by atoms with E-state index in [4.69, 9.17) is 4.74 Å². The zero-order valence-corrected chi connectivity index (χ0v) is 23.4. The lowest BCUT2D eigenvalue weighted by atomic mass is 9.84. The van der Waals surface area contributed by atoms with E-state index < -0.39 is 27.0 Å². The number of sulfone groups is 1. The van der Waals surface area contributed by atoms with Crippen molar-refractivity contribution >= 4 is 21.7 Å². The Morgan fingerprint density at radius 3 is 2.28 bits per heavy atom. The standard InChI is InChI=1S/C30H40N2O6S/c1-38-24-16-14-21(15-17-24)18-28(39(36,37)20-22-8-3-2-4-9-22)26(32-29(34)23-10-7-11-23)19-31-30(35)25-12-5-6-13-27(25)33/h5-6,12-17,22-23,26,28,33H,2-4,7-11,18-20H2,1H3,(H,31,35)(H,32,34). The maximum Gasteiger partial charge on any atom is 0.255 e. The van der Waals surface area contributed by atoms with Crippen LogP contribution in [0.5, 0.6) is 11.5 Å². The molecular formula is C30H40N2O6S. The van der Waals surface area contributed by atoms with Gasteiger partial charge in [-0.15, -0.1) is 0 Å². The van der Waals surface area contributed by atoms with Crippen LogP contribution in [-0.2, 0) is 21.1 Å². The van der Waals surface area contributed by atoms with E-state index in [0.29, 0.717) is 5.75 Å². The number of benzene rings is 2. The number of nitrogens with one attached hydrogen (secondary N) is 2. The monoisotopic (exact) mass is 556 g/mol. The van der Waals surface area contributed by atoms with Gasteiger partial charge in [-0.25, -0.2) is 8.42 Å². The van der Waals surface area contributed by atoms with Gasteiger partial charge in [-0.05, 0) is 67.9 Å². The first-order valence-electron chi connectivity index (χ1n) is 14.0. The predicted octanol–water partition coefficient (Wildman–Crippen LogP) is 4.02. The van der Waals surface area contributed by atoms with Gasteiger partial charge in [0.1, 0.15) is 11.5 Å². The molecule has 2 atom stereocenters. The van der Waals surface area contributed by atoms with E-state index in [2.05, 4.69) is 10.6 Å². The quantitative estimate of drug-likeness (QED) is 0.363. The van der Waals surface area contributed by atoms with E-state index in [1.807, 2.05) is 12.1 Å². The van der Waals surface area contributed by atoms with Gasteiger partial charge >= 0.3 is 0 Å². The SMILES string of the molecule is COc1ccc(CC(C(CNC(=O)c2ccccc2O)NC(=O)C2CCC2)S(=O)(=O)CC2CCCCC2)cc1. The van der Waals surface area contributed by atoms with Gasteiger partial charge in [-0.2, -0.15) is 0 Å². The Bertz CT molecular complexity index is 1220. The molecule has 0 heterocycles. The van der Waals surface area contributed by atoms with Gasteiger partial charge in [0.05, 0.1) is 29.7 Å². The second-order valence-electron chi connectivity index (χ2n) is 10.9. The van der Waals surface area contributed by atoms with Crippen LogP contribution in [-0.4, -0.2) is 56.0 Å². The number of amides is 2. The zero-order chi connectivity index (χ0) is 27.8. The van der Waals surface area contributed by atoms with Gasteiger partial charge < -0.3 is 20.5 Å². The van der Waals surface area contributed by atoms with Gasteiger partial charge in [0.2, 0.25) is 5.91 Å². The van der Waals surface area contributed by atoms with Crippen LogP contribution in [0.2, 0.25) is 0 Å². The van der Waals surface area contributed by atoms with Gasteiger partial charge in [0.15, 0.2) is 9.84 Å². The maximum absolute atomic E-state index is 14.0. The topological polar surface area (TPSA) is 122 Å². The lowest BCUT2D eigenvalue weighted by Crippen LogP contribution is -2.56. The molecule has 0 spiro atoms. The molecule has 2 aliphatic carbocycles. The summed E-state index contributed by atoms with van der Waals surface area (Å²) in [4.78, 5) is 26.0. The second-order valence-corrected chi connectivity index (χ2v) is 13.2. The molecule has 2 aliphatic rings. The number of hydrogen-bond acceptors (Lipinski definition) is 6. The minimum Gasteiger partial charge on any atom is -0.507 e. The van der Waals surface area contributed by atoms with E-state index in [9.17, 15) is 23.1 Å². The van der Waals surface area contributed by atoms with Gasteiger partial charge in [0, 0.05) is 12.5 Å². The van der Waals surface area contributed by atoms with Crippen LogP contribution >= 0.6 is 0 Å². The zero-order valence-electron chi connectivity index (χ0n) is 22.6. The number of phenols is 1. The van der Waals surface area contributed by atoms with E-state index >= 15 is 0 Å². The molecule has 2 fully saturated rings. The Kier molecular flexibility index (Phi) is 9.88. The Morgan fingerprint density at radius 2 is 1.67 bits per heavy atom. The summed E-state index contributed by atoms with van der Waals surface area (Å²) in [6.07, 6.45) is 7.69. The summed E-state index contributed by atoms with van der Waals surface area (Å²) in [6.45, 7) is -0.0731. The minimum absolute atomic E-state index is 0.0665. The summed E-state index contributed by atoms with van der Waals surface area (Å²) in [6, 6.07) is 12.6. The molecule has 0 bridgehead atoms. The molecule has 0 aromatic heterocycles. The van der Waals surface area contributed by atoms with Crippen molar-refractivity contribution in [2.75, 3.05) is 19.4 Å². The molecule has 9 heteroatoms. The molecule has 8 nitrogen and oxygen atoms in total. The summed E-state index contributed by atoms with van der Waals surface area (Å²) >= 11 is 0. The molecule has 212 valence electrons. The Hall–Kier alpha value is -3.07. The number of methoxy groups -OCH3 is 1. The number of carbonyl (C=O) groups excluding carboxylic acids is 2. The lowest BCUT2D eigenvalue weighted by molar-refractivity contribution is -0.128. The predicted molar refractivity (Wildman–Crippen MR) is 151 cm³/mol. The molecule has 0 radical (unpaired) electrons. The van der Waals surface area contributed by atoms with Crippen LogP contribution in [0.3, 0.4) is 0 Å². The van der Waals surface area contributed by atoms with Crippen LogP contribution in [0.4, 0.5) is 0 Å². The fourth-order valence-corrected chi connectivity index (χ4v) is 7.88. The minimum atomic E-state index is -3.66. The number of hydrogen-bond donors (Lipinski definition) is 3. The summed E-state index contributed by atoms with van der Waals surface area (Å²) in [7, 11) is -2.09. The molecule has 2 amide bonds. The first-order chi connectivity index (χ1) is 18.8. The number of rotatable bonds is 12. The Labute approximate surface area is 231 Å². The lowest BCUT2D eigenvalue weighted by Gasteiger charge is -2.33. The molecule has 2 aromatic carbocycles. The van der Waals surface area contributed by atoms with Gasteiger partial charge in [-0.1, -0.05) is 49.9 Å². The molecule has 2 aromatic rings. The molecule has 39 heavy (non-hydrogen) atoms. The number of carbonyl (C=O) groups is 2. The fraction of sp³-hybridized carbons (Fsp3) is 0.533. The Balaban J connectivity index is 1.61. The van der Waals surface area contributed by atoms with Crippen molar-refractivity contribution in [3.05, 3.63) is 59.7 Å².